The molecular formula is C15H23N5O. The van der Waals surface area contributed by atoms with Gasteiger partial charge < -0.3 is 11.1 Å². The normalized spacial score (nSPS) is 12.6. The van der Waals surface area contributed by atoms with Crippen molar-refractivity contribution < 1.29 is 4.79 Å². The van der Waals surface area contributed by atoms with E-state index in [0.717, 1.165) is 11.5 Å². The fourth-order valence-corrected chi connectivity index (χ4v) is 1.86. The Bertz CT molecular complexity index is 639. The van der Waals surface area contributed by atoms with E-state index in [0.29, 0.717) is 13.0 Å². The van der Waals surface area contributed by atoms with Crippen LogP contribution in [-0.2, 0) is 11.2 Å². The molecule has 0 aliphatic carbocycles. The van der Waals surface area contributed by atoms with Crippen LogP contribution in [0.15, 0.2) is 24.4 Å². The quantitative estimate of drug-likeness (QED) is 0.864. The van der Waals surface area contributed by atoms with Gasteiger partial charge in [-0.15, -0.1) is 10.2 Å². The Morgan fingerprint density at radius 3 is 2.67 bits per heavy atom. The zero-order valence-electron chi connectivity index (χ0n) is 13.1. The molecule has 6 nitrogen and oxygen atoms in total. The van der Waals surface area contributed by atoms with Crippen LogP contribution in [0.5, 0.6) is 0 Å². The van der Waals surface area contributed by atoms with Crippen LogP contribution in [0.25, 0.3) is 5.65 Å². The van der Waals surface area contributed by atoms with E-state index in [1.54, 1.807) is 0 Å². The summed E-state index contributed by atoms with van der Waals surface area (Å²) in [6.07, 6.45) is 2.54. The third-order valence-electron chi connectivity index (χ3n) is 4.20. The minimum Gasteiger partial charge on any atom is -0.355 e. The van der Waals surface area contributed by atoms with Crippen molar-refractivity contribution in [2.45, 2.75) is 39.7 Å². The van der Waals surface area contributed by atoms with Crippen LogP contribution in [0.4, 0.5) is 0 Å². The topological polar surface area (TPSA) is 85.3 Å². The molecule has 2 rings (SSSR count). The highest BCUT2D eigenvalue weighted by Crippen LogP contribution is 2.28. The molecule has 0 unspecified atom stereocenters. The van der Waals surface area contributed by atoms with E-state index < -0.39 is 11.0 Å². The molecular weight excluding hydrogens is 266 g/mol. The first-order valence-corrected chi connectivity index (χ1v) is 7.09. The summed E-state index contributed by atoms with van der Waals surface area (Å²) in [4.78, 5) is 12.3. The van der Waals surface area contributed by atoms with Crippen LogP contribution in [0, 0.1) is 5.41 Å². The summed E-state index contributed by atoms with van der Waals surface area (Å²) in [5, 5.41) is 11.2. The molecule has 0 aromatic carbocycles. The van der Waals surface area contributed by atoms with Crippen LogP contribution >= 0.6 is 0 Å². The summed E-state index contributed by atoms with van der Waals surface area (Å²) in [5.74, 6) is 0.777. The average Bonchev–Trinajstić information content (AvgIpc) is 2.81. The molecule has 0 saturated carbocycles. The van der Waals surface area contributed by atoms with E-state index in [2.05, 4.69) is 15.5 Å². The summed E-state index contributed by atoms with van der Waals surface area (Å²) in [5.41, 5.74) is 5.65. The SMILES string of the molecule is CC(C)(N)C(C)(C)C(=O)NCCc1nnc2ccccn12. The molecule has 0 bridgehead atoms. The molecule has 0 fully saturated rings. The smallest absolute Gasteiger partial charge is 0.227 e. The zero-order valence-corrected chi connectivity index (χ0v) is 13.1. The lowest BCUT2D eigenvalue weighted by Gasteiger charge is -2.36. The predicted molar refractivity (Wildman–Crippen MR) is 81.7 cm³/mol. The molecule has 0 radical (unpaired) electrons. The summed E-state index contributed by atoms with van der Waals surface area (Å²) >= 11 is 0. The van der Waals surface area contributed by atoms with Gasteiger partial charge in [-0.2, -0.15) is 0 Å². The standard InChI is InChI=1S/C15H23N5O/c1-14(2,15(3,4)16)13(21)17-9-8-12-19-18-11-7-5-6-10-20(11)12/h5-7,10H,8-9,16H2,1-4H3,(H,17,21). The number of nitrogens with two attached hydrogens (primary N) is 1. The van der Waals surface area contributed by atoms with E-state index in [1.807, 2.05) is 56.5 Å². The number of hydrogen-bond acceptors (Lipinski definition) is 4. The average molecular weight is 289 g/mol. The molecule has 3 N–H and O–H groups in total. The van der Waals surface area contributed by atoms with E-state index in [1.165, 1.54) is 0 Å². The third-order valence-corrected chi connectivity index (χ3v) is 4.20. The number of carbonyl (C=O) groups is 1. The minimum absolute atomic E-state index is 0.0520. The first-order valence-electron chi connectivity index (χ1n) is 7.09. The maximum Gasteiger partial charge on any atom is 0.227 e. The number of carbonyl (C=O) groups excluding carboxylic acids is 1. The largest absolute Gasteiger partial charge is 0.355 e. The van der Waals surface area contributed by atoms with Crippen molar-refractivity contribution in [1.29, 1.82) is 0 Å². The van der Waals surface area contributed by atoms with Crippen molar-refractivity contribution in [3.8, 4) is 0 Å². The summed E-state index contributed by atoms with van der Waals surface area (Å²) in [7, 11) is 0. The van der Waals surface area contributed by atoms with Crippen LogP contribution < -0.4 is 11.1 Å². The van der Waals surface area contributed by atoms with E-state index in [4.69, 9.17) is 5.73 Å². The summed E-state index contributed by atoms with van der Waals surface area (Å²) in [6, 6.07) is 5.75. The number of fused-ring (bicyclic) bond motifs is 1. The van der Waals surface area contributed by atoms with Crippen LogP contribution in [0.3, 0.4) is 0 Å². The lowest BCUT2D eigenvalue weighted by atomic mass is 9.74. The molecule has 0 aliphatic heterocycles. The molecule has 0 spiro atoms. The monoisotopic (exact) mass is 289 g/mol. The first-order chi connectivity index (χ1) is 9.73. The molecule has 0 saturated heterocycles. The maximum absolute atomic E-state index is 12.3. The fourth-order valence-electron chi connectivity index (χ4n) is 1.86. The molecule has 0 aliphatic rings. The molecule has 1 amide bonds. The number of amides is 1. The van der Waals surface area contributed by atoms with Gasteiger partial charge in [0.2, 0.25) is 5.91 Å². The van der Waals surface area contributed by atoms with Crippen molar-refractivity contribution in [2.24, 2.45) is 11.1 Å². The van der Waals surface area contributed by atoms with Gasteiger partial charge in [0.1, 0.15) is 5.82 Å². The van der Waals surface area contributed by atoms with Crippen LogP contribution in [-0.4, -0.2) is 32.6 Å². The van der Waals surface area contributed by atoms with Crippen molar-refractivity contribution >= 4 is 11.6 Å². The van der Waals surface area contributed by atoms with Crippen molar-refractivity contribution in [3.63, 3.8) is 0 Å². The maximum atomic E-state index is 12.3. The molecule has 2 aromatic heterocycles. The highest BCUT2D eigenvalue weighted by molar-refractivity contribution is 5.83. The Labute approximate surface area is 124 Å². The van der Waals surface area contributed by atoms with Crippen molar-refractivity contribution in [1.82, 2.24) is 19.9 Å². The summed E-state index contributed by atoms with van der Waals surface area (Å²) < 4.78 is 1.92. The zero-order chi connectivity index (χ0) is 15.7. The Hall–Kier alpha value is -1.95. The lowest BCUT2D eigenvalue weighted by Crippen LogP contribution is -2.55. The second-order valence-corrected chi connectivity index (χ2v) is 6.40. The second kappa shape index (κ2) is 5.44. The highest BCUT2D eigenvalue weighted by Gasteiger charge is 2.40. The molecule has 0 atom stereocenters. The van der Waals surface area contributed by atoms with Gasteiger partial charge in [-0.25, -0.2) is 0 Å². The number of pyridine rings is 1. The van der Waals surface area contributed by atoms with Crippen molar-refractivity contribution in [3.05, 3.63) is 30.2 Å². The van der Waals surface area contributed by atoms with Gasteiger partial charge in [-0.1, -0.05) is 6.07 Å². The molecule has 2 aromatic rings. The third kappa shape index (κ3) is 3.05. The first kappa shape index (κ1) is 15.4. The van der Waals surface area contributed by atoms with E-state index in [9.17, 15) is 4.79 Å². The van der Waals surface area contributed by atoms with Gasteiger partial charge in [-0.05, 0) is 39.8 Å². The fraction of sp³-hybridized carbons (Fsp3) is 0.533. The molecule has 21 heavy (non-hydrogen) atoms. The van der Waals surface area contributed by atoms with Gasteiger partial charge >= 0.3 is 0 Å². The minimum atomic E-state index is -0.639. The molecule has 2 heterocycles. The van der Waals surface area contributed by atoms with Gasteiger partial charge in [-0.3, -0.25) is 9.20 Å². The van der Waals surface area contributed by atoms with Gasteiger partial charge in [0, 0.05) is 24.7 Å². The Morgan fingerprint density at radius 2 is 2.00 bits per heavy atom. The van der Waals surface area contributed by atoms with Gasteiger partial charge in [0.25, 0.3) is 0 Å². The van der Waals surface area contributed by atoms with E-state index >= 15 is 0 Å². The van der Waals surface area contributed by atoms with Crippen LogP contribution in [0.1, 0.15) is 33.5 Å². The Morgan fingerprint density at radius 1 is 1.29 bits per heavy atom. The summed E-state index contributed by atoms with van der Waals surface area (Å²) in [6.45, 7) is 7.94. The molecule has 6 heteroatoms. The lowest BCUT2D eigenvalue weighted by molar-refractivity contribution is -0.132. The Balaban J connectivity index is 1.97. The molecule has 114 valence electrons. The second-order valence-electron chi connectivity index (χ2n) is 6.40. The Kier molecular flexibility index (Phi) is 4.00. The predicted octanol–water partition coefficient (Wildman–Crippen LogP) is 1.15. The number of hydrogen-bond donors (Lipinski definition) is 2. The van der Waals surface area contributed by atoms with Crippen LogP contribution in [0.2, 0.25) is 0 Å². The highest BCUT2D eigenvalue weighted by atomic mass is 16.2. The van der Waals surface area contributed by atoms with Gasteiger partial charge in [0.05, 0.1) is 5.41 Å². The van der Waals surface area contributed by atoms with Crippen molar-refractivity contribution in [2.75, 3.05) is 6.54 Å². The van der Waals surface area contributed by atoms with Gasteiger partial charge in [0.15, 0.2) is 5.65 Å². The number of nitrogens with zero attached hydrogens (tertiary/aromatic N) is 3. The number of aromatic nitrogens is 3. The number of rotatable bonds is 5. The van der Waals surface area contributed by atoms with E-state index in [-0.39, 0.29) is 5.91 Å². The number of nitrogens with one attached hydrogen (secondary N) is 1.